The van der Waals surface area contributed by atoms with Gasteiger partial charge in [0.25, 0.3) is 0 Å². The fraction of sp³-hybridized carbons (Fsp3) is 0.227. The highest BCUT2D eigenvalue weighted by Crippen LogP contribution is 2.34. The fourth-order valence-corrected chi connectivity index (χ4v) is 4.36. The highest BCUT2D eigenvalue weighted by atomic mass is 32.2. The van der Waals surface area contributed by atoms with Gasteiger partial charge in [-0.15, -0.1) is 0 Å². The Morgan fingerprint density at radius 3 is 2.57 bits per heavy atom. The highest BCUT2D eigenvalue weighted by Gasteiger charge is 2.28. The Morgan fingerprint density at radius 2 is 1.80 bits per heavy atom. The van der Waals surface area contributed by atoms with Crippen molar-refractivity contribution in [1.82, 2.24) is 9.97 Å². The Morgan fingerprint density at radius 1 is 1.07 bits per heavy atom. The maximum atomic E-state index is 13.4. The van der Waals surface area contributed by atoms with Gasteiger partial charge in [-0.3, -0.25) is 4.79 Å². The number of halogens is 2. The van der Waals surface area contributed by atoms with Gasteiger partial charge in [-0.25, -0.2) is 18.7 Å². The first kappa shape index (κ1) is 20.3. The zero-order valence-corrected chi connectivity index (χ0v) is 16.9. The van der Waals surface area contributed by atoms with Crippen LogP contribution in [-0.4, -0.2) is 29.0 Å². The number of piperidine rings is 1. The quantitative estimate of drug-likeness (QED) is 0.637. The average molecular weight is 426 g/mol. The van der Waals surface area contributed by atoms with Crippen LogP contribution in [0.3, 0.4) is 0 Å². The molecule has 1 saturated heterocycles. The molecular formula is C22H20F2N4OS. The Balaban J connectivity index is 1.48. The zero-order chi connectivity index (χ0) is 20.9. The smallest absolute Gasteiger partial charge is 0.229 e. The van der Waals surface area contributed by atoms with E-state index in [1.54, 1.807) is 12.4 Å². The van der Waals surface area contributed by atoms with Crippen molar-refractivity contribution in [2.24, 2.45) is 5.92 Å². The maximum absolute atomic E-state index is 13.4. The lowest BCUT2D eigenvalue weighted by molar-refractivity contribution is -0.120. The number of hydrogen-bond acceptors (Lipinski definition) is 5. The van der Waals surface area contributed by atoms with Crippen LogP contribution in [-0.2, 0) is 4.79 Å². The van der Waals surface area contributed by atoms with E-state index in [0.29, 0.717) is 13.0 Å². The molecule has 0 bridgehead atoms. The maximum Gasteiger partial charge on any atom is 0.229 e. The summed E-state index contributed by atoms with van der Waals surface area (Å²) in [6, 6.07) is 12.9. The zero-order valence-electron chi connectivity index (χ0n) is 16.1. The van der Waals surface area contributed by atoms with Gasteiger partial charge in [0, 0.05) is 42.1 Å². The topological polar surface area (TPSA) is 58.1 Å². The minimum atomic E-state index is -0.724. The van der Waals surface area contributed by atoms with Gasteiger partial charge in [0.15, 0.2) is 5.82 Å². The molecule has 1 aliphatic rings. The van der Waals surface area contributed by atoms with Crippen molar-refractivity contribution >= 4 is 29.2 Å². The van der Waals surface area contributed by atoms with Gasteiger partial charge in [-0.05, 0) is 37.1 Å². The van der Waals surface area contributed by atoms with Crippen LogP contribution in [0, 0.1) is 17.6 Å². The number of anilines is 2. The minimum absolute atomic E-state index is 0.120. The number of carbonyl (C=O) groups is 1. The summed E-state index contributed by atoms with van der Waals surface area (Å²) < 4.78 is 26.8. The number of amides is 1. The average Bonchev–Trinajstić information content (AvgIpc) is 2.74. The van der Waals surface area contributed by atoms with Gasteiger partial charge in [-0.1, -0.05) is 30.0 Å². The van der Waals surface area contributed by atoms with Crippen molar-refractivity contribution < 1.29 is 13.6 Å². The Hall–Kier alpha value is -3.00. The molecule has 0 aliphatic carbocycles. The minimum Gasteiger partial charge on any atom is -0.354 e. The van der Waals surface area contributed by atoms with Crippen molar-refractivity contribution in [3.63, 3.8) is 0 Å². The molecule has 30 heavy (non-hydrogen) atoms. The molecule has 1 aliphatic heterocycles. The van der Waals surface area contributed by atoms with E-state index < -0.39 is 11.6 Å². The van der Waals surface area contributed by atoms with E-state index in [9.17, 15) is 13.6 Å². The molecule has 2 heterocycles. The van der Waals surface area contributed by atoms with Crippen molar-refractivity contribution in [2.45, 2.75) is 22.8 Å². The number of benzene rings is 2. The third-order valence-corrected chi connectivity index (χ3v) is 5.82. The van der Waals surface area contributed by atoms with E-state index in [1.165, 1.54) is 11.8 Å². The van der Waals surface area contributed by atoms with Crippen LogP contribution in [0.1, 0.15) is 12.8 Å². The predicted octanol–water partition coefficient (Wildman–Crippen LogP) is 4.76. The number of rotatable bonds is 5. The summed E-state index contributed by atoms with van der Waals surface area (Å²) in [7, 11) is 0. The highest BCUT2D eigenvalue weighted by molar-refractivity contribution is 7.99. The van der Waals surface area contributed by atoms with Crippen LogP contribution in [0.2, 0.25) is 0 Å². The van der Waals surface area contributed by atoms with Crippen LogP contribution in [0.5, 0.6) is 0 Å². The second-order valence-electron chi connectivity index (χ2n) is 7.03. The van der Waals surface area contributed by atoms with Crippen LogP contribution < -0.4 is 10.2 Å². The van der Waals surface area contributed by atoms with E-state index in [-0.39, 0.29) is 17.5 Å². The number of aromatic nitrogens is 2. The molecule has 0 unspecified atom stereocenters. The molecule has 0 spiro atoms. The summed E-state index contributed by atoms with van der Waals surface area (Å²) in [6.07, 6.45) is 4.80. The third-order valence-electron chi connectivity index (χ3n) is 4.83. The van der Waals surface area contributed by atoms with Crippen LogP contribution in [0.25, 0.3) is 0 Å². The summed E-state index contributed by atoms with van der Waals surface area (Å²) in [4.78, 5) is 24.8. The van der Waals surface area contributed by atoms with Crippen LogP contribution >= 0.6 is 11.8 Å². The van der Waals surface area contributed by atoms with Crippen molar-refractivity contribution in [3.05, 3.63) is 72.6 Å². The third kappa shape index (κ3) is 4.94. The monoisotopic (exact) mass is 426 g/mol. The fourth-order valence-electron chi connectivity index (χ4n) is 3.46. The van der Waals surface area contributed by atoms with Crippen LogP contribution in [0.4, 0.5) is 20.3 Å². The predicted molar refractivity (Wildman–Crippen MR) is 113 cm³/mol. The molecule has 4 rings (SSSR count). The molecule has 1 amide bonds. The molecule has 1 N–H and O–H groups in total. The largest absolute Gasteiger partial charge is 0.354 e. The summed E-state index contributed by atoms with van der Waals surface area (Å²) in [5.41, 5.74) is 0.120. The Kier molecular flexibility index (Phi) is 6.23. The van der Waals surface area contributed by atoms with Gasteiger partial charge in [0.05, 0.1) is 5.92 Å². The summed E-state index contributed by atoms with van der Waals surface area (Å²) in [5, 5.41) is 3.41. The molecule has 1 atom stereocenters. The number of nitrogens with zero attached hydrogens (tertiary/aromatic N) is 3. The van der Waals surface area contributed by atoms with Gasteiger partial charge >= 0.3 is 0 Å². The summed E-state index contributed by atoms with van der Waals surface area (Å²) in [5.74, 6) is -1.29. The molecule has 2 aromatic carbocycles. The molecular weight excluding hydrogens is 406 g/mol. The van der Waals surface area contributed by atoms with Crippen molar-refractivity contribution in [3.8, 4) is 0 Å². The molecule has 0 radical (unpaired) electrons. The number of carbonyl (C=O) groups excluding carboxylic acids is 1. The Bertz CT molecular complexity index is 1010. The first-order valence-corrected chi connectivity index (χ1v) is 10.5. The van der Waals surface area contributed by atoms with Crippen LogP contribution in [0.15, 0.2) is 70.8 Å². The van der Waals surface area contributed by atoms with E-state index in [1.807, 2.05) is 30.3 Å². The van der Waals surface area contributed by atoms with Gasteiger partial charge < -0.3 is 10.2 Å². The number of hydrogen-bond donors (Lipinski definition) is 1. The molecule has 1 fully saturated rings. The molecule has 0 saturated carbocycles. The van der Waals surface area contributed by atoms with E-state index in [0.717, 1.165) is 46.9 Å². The number of nitrogens with one attached hydrogen (secondary N) is 1. The first-order chi connectivity index (χ1) is 14.6. The van der Waals surface area contributed by atoms with E-state index >= 15 is 0 Å². The summed E-state index contributed by atoms with van der Waals surface area (Å²) >= 11 is 1.52. The van der Waals surface area contributed by atoms with Crippen molar-refractivity contribution in [1.29, 1.82) is 0 Å². The SMILES string of the molecule is O=C(Nc1cc(F)cc(F)c1)[C@@H]1CCCN(c2nccnc2Sc2ccccc2)C1. The van der Waals surface area contributed by atoms with E-state index in [2.05, 4.69) is 20.2 Å². The molecule has 5 nitrogen and oxygen atoms in total. The van der Waals surface area contributed by atoms with Gasteiger partial charge in [-0.2, -0.15) is 0 Å². The lowest BCUT2D eigenvalue weighted by Gasteiger charge is -2.33. The first-order valence-electron chi connectivity index (χ1n) is 9.64. The lowest BCUT2D eigenvalue weighted by atomic mass is 9.97. The standard InChI is InChI=1S/C22H20F2N4OS/c23-16-11-17(24)13-18(12-16)27-21(29)15-5-4-10-28(14-15)20-22(26-9-8-25-20)30-19-6-2-1-3-7-19/h1-3,6-9,11-13,15H,4-5,10,14H2,(H,27,29)/t15-/m1/s1. The van der Waals surface area contributed by atoms with Gasteiger partial charge in [0.1, 0.15) is 16.7 Å². The molecule has 154 valence electrons. The van der Waals surface area contributed by atoms with E-state index in [4.69, 9.17) is 0 Å². The lowest BCUT2D eigenvalue weighted by Crippen LogP contribution is -2.41. The van der Waals surface area contributed by atoms with Gasteiger partial charge in [0.2, 0.25) is 5.91 Å². The second-order valence-corrected chi connectivity index (χ2v) is 8.09. The molecule has 8 heteroatoms. The Labute approximate surface area is 177 Å². The molecule has 3 aromatic rings. The summed E-state index contributed by atoms with van der Waals surface area (Å²) in [6.45, 7) is 1.23. The normalized spacial score (nSPS) is 16.3. The molecule has 1 aromatic heterocycles. The second kappa shape index (κ2) is 9.21. The van der Waals surface area contributed by atoms with Crippen molar-refractivity contribution in [2.75, 3.05) is 23.3 Å².